The van der Waals surface area contributed by atoms with Gasteiger partial charge in [0.1, 0.15) is 0 Å². The molecule has 1 N–H and O–H groups in total. The van der Waals surface area contributed by atoms with E-state index in [1.165, 1.54) is 0 Å². The molecule has 0 aromatic rings. The van der Waals surface area contributed by atoms with E-state index >= 15 is 0 Å². The van der Waals surface area contributed by atoms with Gasteiger partial charge in [0.15, 0.2) is 0 Å². The number of carbonyl (C=O) groups is 1. The highest BCUT2D eigenvalue weighted by Gasteiger charge is 2.00. The number of rotatable bonds is 7. The molecule has 0 aliphatic heterocycles. The van der Waals surface area contributed by atoms with E-state index in [4.69, 9.17) is 4.55 Å². The third-order valence-corrected chi connectivity index (χ3v) is 2.10. The number of esters is 1. The first-order chi connectivity index (χ1) is 6.95. The Balaban J connectivity index is 3.63. The predicted octanol–water partition coefficient (Wildman–Crippen LogP) is 1.51. The number of unbranched alkanes of at least 4 members (excludes halogenated alkanes) is 3. The van der Waals surface area contributed by atoms with Crippen LogP contribution in [0.25, 0.3) is 0 Å². The summed E-state index contributed by atoms with van der Waals surface area (Å²) in [4.78, 5) is 10.8. The molecule has 0 saturated carbocycles. The molecule has 5 nitrogen and oxygen atoms in total. The second-order valence-corrected chi connectivity index (χ2v) is 4.35. The Kier molecular flexibility index (Phi) is 6.98. The van der Waals surface area contributed by atoms with Crippen molar-refractivity contribution in [3.63, 3.8) is 0 Å². The van der Waals surface area contributed by atoms with Crippen molar-refractivity contribution in [2.24, 2.45) is 0 Å². The fourth-order valence-electron chi connectivity index (χ4n) is 0.891. The Bertz CT molecular complexity index is 304. The molecule has 88 valence electrons. The minimum absolute atomic E-state index is 0.272. The molecule has 0 radical (unpaired) electrons. The predicted molar refractivity (Wildman–Crippen MR) is 55.8 cm³/mol. The molecule has 0 amide bonds. The van der Waals surface area contributed by atoms with Gasteiger partial charge in [-0.15, -0.1) is 0 Å². The van der Waals surface area contributed by atoms with E-state index in [0.29, 0.717) is 11.5 Å². The highest BCUT2D eigenvalue weighted by atomic mass is 32.2. The van der Waals surface area contributed by atoms with Gasteiger partial charge in [-0.1, -0.05) is 26.2 Å². The second-order valence-electron chi connectivity index (χ2n) is 3.05. The molecule has 0 saturated heterocycles. The quantitative estimate of drug-likeness (QED) is 0.313. The molecule has 0 heterocycles. The molecule has 0 spiro atoms. The molecule has 0 aliphatic rings. The van der Waals surface area contributed by atoms with Crippen LogP contribution in [0.4, 0.5) is 0 Å². The molecule has 0 aliphatic carbocycles. The average Bonchev–Trinajstić information content (AvgIpc) is 2.13. The lowest BCUT2D eigenvalue weighted by atomic mass is 10.2. The third kappa shape index (κ3) is 11.0. The van der Waals surface area contributed by atoms with E-state index in [0.717, 1.165) is 25.7 Å². The molecule has 0 aromatic heterocycles. The van der Waals surface area contributed by atoms with Crippen LogP contribution >= 0.6 is 0 Å². The third-order valence-electron chi connectivity index (χ3n) is 1.62. The largest absolute Gasteiger partial charge is 0.463 e. The van der Waals surface area contributed by atoms with Crippen molar-refractivity contribution in [2.45, 2.75) is 32.6 Å². The zero-order valence-corrected chi connectivity index (χ0v) is 9.50. The van der Waals surface area contributed by atoms with Gasteiger partial charge in [0.2, 0.25) is 0 Å². The van der Waals surface area contributed by atoms with Crippen molar-refractivity contribution in [3.05, 3.63) is 11.5 Å². The molecule has 0 fully saturated rings. The molecule has 0 bridgehead atoms. The summed E-state index contributed by atoms with van der Waals surface area (Å²) in [5, 5.41) is 0.404. The zero-order chi connectivity index (χ0) is 11.7. The maximum atomic E-state index is 10.8. The summed E-state index contributed by atoms with van der Waals surface area (Å²) < 4.78 is 33.4. The van der Waals surface area contributed by atoms with Gasteiger partial charge < -0.3 is 4.74 Å². The van der Waals surface area contributed by atoms with Gasteiger partial charge in [-0.05, 0) is 6.42 Å². The fraction of sp³-hybridized carbons (Fsp3) is 0.667. The van der Waals surface area contributed by atoms with Crippen LogP contribution in [0, 0.1) is 0 Å². The van der Waals surface area contributed by atoms with E-state index in [9.17, 15) is 13.2 Å². The van der Waals surface area contributed by atoms with Gasteiger partial charge in [-0.25, -0.2) is 4.79 Å². The van der Waals surface area contributed by atoms with E-state index in [-0.39, 0.29) is 6.61 Å². The van der Waals surface area contributed by atoms with Crippen LogP contribution in [0.3, 0.4) is 0 Å². The van der Waals surface area contributed by atoms with Crippen molar-refractivity contribution in [1.82, 2.24) is 0 Å². The smallest absolute Gasteiger partial charge is 0.331 e. The second kappa shape index (κ2) is 7.42. The van der Waals surface area contributed by atoms with Gasteiger partial charge in [0.05, 0.1) is 12.0 Å². The molecule has 0 aromatic carbocycles. The van der Waals surface area contributed by atoms with E-state index in [1.807, 2.05) is 0 Å². The normalized spacial score (nSPS) is 11.9. The standard InChI is InChI=1S/C9H16O5S/c1-2-3-4-5-7-14-9(10)6-8-15(11,12)13/h6,8H,2-5,7H2,1H3,(H,11,12,13). The van der Waals surface area contributed by atoms with Gasteiger partial charge >= 0.3 is 5.97 Å². The summed E-state index contributed by atoms with van der Waals surface area (Å²) in [5.74, 6) is -0.760. The first-order valence-corrected chi connectivity index (χ1v) is 6.28. The number of hydrogen-bond acceptors (Lipinski definition) is 4. The van der Waals surface area contributed by atoms with Crippen LogP contribution in [-0.4, -0.2) is 25.5 Å². The molecule has 0 atom stereocenters. The van der Waals surface area contributed by atoms with Crippen molar-refractivity contribution in [3.8, 4) is 0 Å². The summed E-state index contributed by atoms with van der Waals surface area (Å²) in [7, 11) is -4.24. The Morgan fingerprint density at radius 1 is 1.33 bits per heavy atom. The molecule has 6 heteroatoms. The number of carbonyl (C=O) groups excluding carboxylic acids is 1. The van der Waals surface area contributed by atoms with Crippen LogP contribution in [0.15, 0.2) is 11.5 Å². The Hall–Kier alpha value is -0.880. The molecular formula is C9H16O5S. The monoisotopic (exact) mass is 236 g/mol. The van der Waals surface area contributed by atoms with Crippen LogP contribution in [-0.2, 0) is 19.6 Å². The number of hydrogen-bond donors (Lipinski definition) is 1. The maximum Gasteiger partial charge on any atom is 0.331 e. The van der Waals surface area contributed by atoms with Crippen molar-refractivity contribution in [1.29, 1.82) is 0 Å². The molecule has 15 heavy (non-hydrogen) atoms. The first kappa shape index (κ1) is 14.1. The summed E-state index contributed by atoms with van der Waals surface area (Å²) in [6, 6.07) is 0. The van der Waals surface area contributed by atoms with Crippen molar-refractivity contribution < 1.29 is 22.5 Å². The SMILES string of the molecule is CCCCCCOC(=O)C=CS(=O)(=O)O. The first-order valence-electron chi connectivity index (χ1n) is 4.78. The van der Waals surface area contributed by atoms with Gasteiger partial charge in [0.25, 0.3) is 10.1 Å². The minimum atomic E-state index is -4.24. The van der Waals surface area contributed by atoms with Crippen LogP contribution in [0.2, 0.25) is 0 Å². The molecular weight excluding hydrogens is 220 g/mol. The van der Waals surface area contributed by atoms with Crippen LogP contribution < -0.4 is 0 Å². The lowest BCUT2D eigenvalue weighted by Gasteiger charge is -2.00. The fourth-order valence-corrected chi connectivity index (χ4v) is 1.17. The highest BCUT2D eigenvalue weighted by Crippen LogP contribution is 1.99. The topological polar surface area (TPSA) is 80.7 Å². The van der Waals surface area contributed by atoms with Gasteiger partial charge in [-0.3, -0.25) is 4.55 Å². The lowest BCUT2D eigenvalue weighted by Crippen LogP contribution is -2.03. The summed E-state index contributed by atoms with van der Waals surface area (Å²) in [5.41, 5.74) is 0. The van der Waals surface area contributed by atoms with Crippen molar-refractivity contribution >= 4 is 16.1 Å². The van der Waals surface area contributed by atoms with Gasteiger partial charge in [0, 0.05) is 6.08 Å². The van der Waals surface area contributed by atoms with E-state index < -0.39 is 16.1 Å². The average molecular weight is 236 g/mol. The van der Waals surface area contributed by atoms with E-state index in [2.05, 4.69) is 11.7 Å². The van der Waals surface area contributed by atoms with E-state index in [1.54, 1.807) is 0 Å². The maximum absolute atomic E-state index is 10.8. The Labute approximate surface area is 89.9 Å². The van der Waals surface area contributed by atoms with Gasteiger partial charge in [-0.2, -0.15) is 8.42 Å². The highest BCUT2D eigenvalue weighted by molar-refractivity contribution is 7.88. The zero-order valence-electron chi connectivity index (χ0n) is 8.68. The lowest BCUT2D eigenvalue weighted by molar-refractivity contribution is -0.137. The summed E-state index contributed by atoms with van der Waals surface area (Å²) >= 11 is 0. The molecule has 0 rings (SSSR count). The van der Waals surface area contributed by atoms with Crippen molar-refractivity contribution in [2.75, 3.05) is 6.61 Å². The summed E-state index contributed by atoms with van der Waals surface area (Å²) in [6.45, 7) is 2.34. The minimum Gasteiger partial charge on any atom is -0.463 e. The Morgan fingerprint density at radius 3 is 2.53 bits per heavy atom. The van der Waals surface area contributed by atoms with Crippen LogP contribution in [0.1, 0.15) is 32.6 Å². The number of ether oxygens (including phenoxy) is 1. The van der Waals surface area contributed by atoms with Crippen LogP contribution in [0.5, 0.6) is 0 Å². The Morgan fingerprint density at radius 2 is 2.00 bits per heavy atom. The summed E-state index contributed by atoms with van der Waals surface area (Å²) in [6.07, 6.45) is 4.61. The molecule has 0 unspecified atom stereocenters.